The van der Waals surface area contributed by atoms with E-state index < -0.39 is 0 Å². The topological polar surface area (TPSA) is 12.5 Å². The Kier molecular flexibility index (Phi) is 2.90. The van der Waals surface area contributed by atoms with Crippen LogP contribution >= 0.6 is 0 Å². The molecule has 2 nitrogen and oxygen atoms in total. The predicted octanol–water partition coefficient (Wildman–Crippen LogP) is 1.50. The van der Waals surface area contributed by atoms with Crippen LogP contribution in [0.3, 0.4) is 0 Å². The lowest BCUT2D eigenvalue weighted by Crippen LogP contribution is -2.59. The van der Waals surface area contributed by atoms with Gasteiger partial charge in [0.2, 0.25) is 0 Å². The molecule has 1 aliphatic heterocycles. The van der Waals surface area contributed by atoms with Crippen molar-refractivity contribution in [3.63, 3.8) is 0 Å². The standard InChI is InChI=1S/C9H19NO/c1-7(2)10-8(3)5-9(10)6-11-4/h7-9H,5-6H2,1-4H3/t8-,9-/m1/s1. The second kappa shape index (κ2) is 3.55. The zero-order valence-corrected chi connectivity index (χ0v) is 8.00. The third kappa shape index (κ3) is 1.74. The molecule has 1 rings (SSSR count). The fraction of sp³-hybridized carbons (Fsp3) is 1.00. The van der Waals surface area contributed by atoms with E-state index in [-0.39, 0.29) is 0 Å². The molecule has 11 heavy (non-hydrogen) atoms. The number of hydrogen-bond acceptors (Lipinski definition) is 2. The van der Waals surface area contributed by atoms with Crippen molar-refractivity contribution in [2.75, 3.05) is 13.7 Å². The number of rotatable bonds is 3. The molecule has 0 aromatic carbocycles. The molecule has 0 amide bonds. The second-order valence-electron chi connectivity index (χ2n) is 3.73. The summed E-state index contributed by atoms with van der Waals surface area (Å²) in [4.78, 5) is 2.52. The van der Waals surface area contributed by atoms with Crippen LogP contribution in [0.2, 0.25) is 0 Å². The van der Waals surface area contributed by atoms with Crippen LogP contribution in [0.5, 0.6) is 0 Å². The van der Waals surface area contributed by atoms with Gasteiger partial charge in [-0.05, 0) is 27.2 Å². The summed E-state index contributed by atoms with van der Waals surface area (Å²) >= 11 is 0. The number of methoxy groups -OCH3 is 1. The third-order valence-corrected chi connectivity index (χ3v) is 2.50. The molecule has 2 heteroatoms. The van der Waals surface area contributed by atoms with Gasteiger partial charge < -0.3 is 4.74 Å². The van der Waals surface area contributed by atoms with E-state index in [1.807, 2.05) is 0 Å². The molecule has 1 aliphatic rings. The van der Waals surface area contributed by atoms with Crippen LogP contribution in [0, 0.1) is 0 Å². The molecule has 0 radical (unpaired) electrons. The van der Waals surface area contributed by atoms with Gasteiger partial charge >= 0.3 is 0 Å². The number of nitrogens with zero attached hydrogens (tertiary/aromatic N) is 1. The van der Waals surface area contributed by atoms with Gasteiger partial charge in [-0.3, -0.25) is 4.90 Å². The number of ether oxygens (including phenoxy) is 1. The van der Waals surface area contributed by atoms with Crippen molar-refractivity contribution in [1.29, 1.82) is 0 Å². The van der Waals surface area contributed by atoms with Gasteiger partial charge in [-0.2, -0.15) is 0 Å². The first-order valence-corrected chi connectivity index (χ1v) is 4.43. The minimum Gasteiger partial charge on any atom is -0.383 e. The quantitative estimate of drug-likeness (QED) is 0.615. The number of likely N-dealkylation sites (tertiary alicyclic amines) is 1. The van der Waals surface area contributed by atoms with E-state index in [0.717, 1.165) is 12.6 Å². The van der Waals surface area contributed by atoms with Gasteiger partial charge in [-0.15, -0.1) is 0 Å². The van der Waals surface area contributed by atoms with Crippen LogP contribution in [-0.4, -0.2) is 36.7 Å². The Morgan fingerprint density at radius 1 is 1.55 bits per heavy atom. The summed E-state index contributed by atoms with van der Waals surface area (Å²) in [7, 11) is 1.78. The van der Waals surface area contributed by atoms with Crippen LogP contribution in [0.4, 0.5) is 0 Å². The summed E-state index contributed by atoms with van der Waals surface area (Å²) in [6.45, 7) is 7.67. The van der Waals surface area contributed by atoms with Gasteiger partial charge in [0.05, 0.1) is 6.61 Å². The van der Waals surface area contributed by atoms with Crippen molar-refractivity contribution in [2.45, 2.75) is 45.3 Å². The van der Waals surface area contributed by atoms with Gasteiger partial charge in [-0.1, -0.05) is 0 Å². The lowest BCUT2D eigenvalue weighted by molar-refractivity contribution is -0.0418. The molecule has 1 fully saturated rings. The normalized spacial score (nSPS) is 32.5. The lowest BCUT2D eigenvalue weighted by atomic mass is 9.93. The van der Waals surface area contributed by atoms with E-state index in [0.29, 0.717) is 12.1 Å². The minimum absolute atomic E-state index is 0.666. The maximum absolute atomic E-state index is 5.13. The van der Waals surface area contributed by atoms with Crippen molar-refractivity contribution in [3.8, 4) is 0 Å². The third-order valence-electron chi connectivity index (χ3n) is 2.50. The van der Waals surface area contributed by atoms with Crippen LogP contribution in [0.25, 0.3) is 0 Å². The molecule has 0 aromatic heterocycles. The Bertz CT molecular complexity index is 118. The fourth-order valence-corrected chi connectivity index (χ4v) is 2.14. The van der Waals surface area contributed by atoms with Gasteiger partial charge in [-0.25, -0.2) is 0 Å². The van der Waals surface area contributed by atoms with Crippen molar-refractivity contribution in [1.82, 2.24) is 4.90 Å². The average Bonchev–Trinajstić information content (AvgIpc) is 1.85. The number of hydrogen-bond donors (Lipinski definition) is 0. The Hall–Kier alpha value is -0.0800. The summed E-state index contributed by atoms with van der Waals surface area (Å²) in [6.07, 6.45) is 1.30. The van der Waals surface area contributed by atoms with Crippen LogP contribution in [0.1, 0.15) is 27.2 Å². The highest BCUT2D eigenvalue weighted by Gasteiger charge is 2.36. The highest BCUT2D eigenvalue weighted by molar-refractivity contribution is 4.91. The summed E-state index contributed by atoms with van der Waals surface area (Å²) in [5, 5.41) is 0. The van der Waals surface area contributed by atoms with E-state index in [1.165, 1.54) is 6.42 Å². The van der Waals surface area contributed by atoms with Gasteiger partial charge in [0, 0.05) is 25.2 Å². The molecule has 0 unspecified atom stereocenters. The van der Waals surface area contributed by atoms with E-state index in [4.69, 9.17) is 4.74 Å². The second-order valence-corrected chi connectivity index (χ2v) is 3.73. The first kappa shape index (κ1) is 9.01. The maximum Gasteiger partial charge on any atom is 0.0618 e. The molecule has 1 heterocycles. The van der Waals surface area contributed by atoms with Gasteiger partial charge in [0.1, 0.15) is 0 Å². The van der Waals surface area contributed by atoms with Crippen LogP contribution < -0.4 is 0 Å². The summed E-state index contributed by atoms with van der Waals surface area (Å²) in [6, 6.07) is 2.10. The Balaban J connectivity index is 2.35. The molecule has 0 aliphatic carbocycles. The molecule has 0 bridgehead atoms. The van der Waals surface area contributed by atoms with Crippen LogP contribution in [-0.2, 0) is 4.74 Å². The molecule has 0 spiro atoms. The first-order valence-electron chi connectivity index (χ1n) is 4.43. The van der Waals surface area contributed by atoms with E-state index in [1.54, 1.807) is 7.11 Å². The SMILES string of the molecule is COC[C@H]1C[C@@H](C)N1C(C)C. The molecule has 2 atom stereocenters. The molecule has 66 valence electrons. The highest BCUT2D eigenvalue weighted by Crippen LogP contribution is 2.27. The molecule has 0 saturated carbocycles. The summed E-state index contributed by atoms with van der Waals surface area (Å²) in [5.74, 6) is 0. The first-order chi connectivity index (χ1) is 5.16. The van der Waals surface area contributed by atoms with Crippen molar-refractivity contribution in [2.24, 2.45) is 0 Å². The largest absolute Gasteiger partial charge is 0.383 e. The zero-order valence-electron chi connectivity index (χ0n) is 8.00. The molecule has 0 N–H and O–H groups in total. The summed E-state index contributed by atoms with van der Waals surface area (Å²) < 4.78 is 5.13. The Labute approximate surface area is 69.5 Å². The van der Waals surface area contributed by atoms with Crippen molar-refractivity contribution in [3.05, 3.63) is 0 Å². The minimum atomic E-state index is 0.666. The molecule has 0 aromatic rings. The maximum atomic E-state index is 5.13. The van der Waals surface area contributed by atoms with Gasteiger partial charge in [0.15, 0.2) is 0 Å². The smallest absolute Gasteiger partial charge is 0.0618 e. The van der Waals surface area contributed by atoms with Crippen LogP contribution in [0.15, 0.2) is 0 Å². The van der Waals surface area contributed by atoms with Crippen molar-refractivity contribution >= 4 is 0 Å². The Morgan fingerprint density at radius 2 is 2.18 bits per heavy atom. The van der Waals surface area contributed by atoms with E-state index in [9.17, 15) is 0 Å². The Morgan fingerprint density at radius 3 is 2.55 bits per heavy atom. The van der Waals surface area contributed by atoms with E-state index in [2.05, 4.69) is 25.7 Å². The average molecular weight is 157 g/mol. The fourth-order valence-electron chi connectivity index (χ4n) is 2.14. The zero-order chi connectivity index (χ0) is 8.43. The van der Waals surface area contributed by atoms with Gasteiger partial charge in [0.25, 0.3) is 0 Å². The van der Waals surface area contributed by atoms with E-state index >= 15 is 0 Å². The highest BCUT2D eigenvalue weighted by atomic mass is 16.5. The predicted molar refractivity (Wildman–Crippen MR) is 46.7 cm³/mol. The lowest BCUT2D eigenvalue weighted by Gasteiger charge is -2.49. The molecular weight excluding hydrogens is 138 g/mol. The summed E-state index contributed by atoms with van der Waals surface area (Å²) in [5.41, 5.74) is 0. The monoisotopic (exact) mass is 157 g/mol. The molecule has 1 saturated heterocycles. The molecular formula is C9H19NO. The van der Waals surface area contributed by atoms with Crippen molar-refractivity contribution < 1.29 is 4.74 Å².